The van der Waals surface area contributed by atoms with Crippen LogP contribution >= 0.6 is 22.0 Å². The summed E-state index contributed by atoms with van der Waals surface area (Å²) in [4.78, 5) is 8.59. The minimum atomic E-state index is -0.877. The molecule has 0 aromatic heterocycles. The van der Waals surface area contributed by atoms with Crippen molar-refractivity contribution in [3.63, 3.8) is 0 Å². The molecule has 0 unspecified atom stereocenters. The number of halogens is 1. The molecule has 0 aliphatic rings. The topological polar surface area (TPSA) is 24.7 Å². The molecule has 0 spiro atoms. The standard InChI is InChI=1S/C20H20N2.C18H15P.BrH.Cu/c1-3-9-19(10-4-1)13-7-15-21-17-18-22-16-8-14-20-11-5-2-6-12-20;1-4-10-16(11-5-1)19(17-12-6-2-7-13-17)18-14-8-3-9-15-18;;/h1-16H,17-18H2;1-15H;1H;/q;;;+1. The molecule has 0 radical (unpaired) electrons. The van der Waals surface area contributed by atoms with Crippen molar-refractivity contribution in [2.45, 2.75) is 0 Å². The van der Waals surface area contributed by atoms with Gasteiger partial charge >= 0.3 is 28.3 Å². The van der Waals surface area contributed by atoms with E-state index in [1.165, 1.54) is 27.0 Å². The van der Waals surface area contributed by atoms with Crippen molar-refractivity contribution in [3.8, 4) is 0 Å². The Balaban J connectivity index is 0.000000224. The fraction of sp³-hybridized carbons (Fsp3) is 0.0526. The molecule has 5 rings (SSSR count). The number of aliphatic imine (C=N–C) groups is 2. The van der Waals surface area contributed by atoms with E-state index in [1.54, 1.807) is 0 Å². The van der Waals surface area contributed by atoms with Crippen molar-refractivity contribution in [1.82, 2.24) is 0 Å². The van der Waals surface area contributed by atoms with Crippen LogP contribution < -0.4 is 15.9 Å². The maximum atomic E-state index is 4.29. The summed E-state index contributed by atoms with van der Waals surface area (Å²) < 4.78 is 0. The second-order valence-electron chi connectivity index (χ2n) is 9.12. The normalized spacial score (nSPS) is 11.1. The second-order valence-corrected chi connectivity index (χ2v) is 11.6. The number of allylic oxidation sites excluding steroid dienone is 2. The van der Waals surface area contributed by atoms with Crippen molar-refractivity contribution in [2.75, 3.05) is 13.1 Å². The van der Waals surface area contributed by atoms with E-state index in [9.17, 15) is 0 Å². The summed E-state index contributed by atoms with van der Waals surface area (Å²) in [5.41, 5.74) is 2.36. The van der Waals surface area contributed by atoms with E-state index >= 15 is 0 Å². The molecular weight excluding hydrogens is 659 g/mol. The van der Waals surface area contributed by atoms with Gasteiger partial charge in [-0.05, 0) is 59.7 Å². The van der Waals surface area contributed by atoms with E-state index in [0.717, 1.165) is 0 Å². The Morgan fingerprint density at radius 2 is 0.721 bits per heavy atom. The minimum Gasteiger partial charge on any atom is -0.0620 e. The molecule has 0 N–H and O–H groups in total. The van der Waals surface area contributed by atoms with Crippen molar-refractivity contribution in [2.24, 2.45) is 9.98 Å². The summed E-state index contributed by atoms with van der Waals surface area (Å²) in [6.07, 6.45) is 11.6. The van der Waals surface area contributed by atoms with Gasteiger partial charge in [-0.15, -0.1) is 0 Å². The summed E-state index contributed by atoms with van der Waals surface area (Å²) in [6.45, 7) is 1.41. The smallest absolute Gasteiger partial charge is 0.0620 e. The molecule has 0 atom stereocenters. The third-order valence-corrected chi connectivity index (χ3v) is 8.84. The largest absolute Gasteiger partial charge is 0.102 e. The van der Waals surface area contributed by atoms with E-state index in [1.807, 2.05) is 73.1 Å². The summed E-state index contributed by atoms with van der Waals surface area (Å²) in [5.74, 6) is 0. The van der Waals surface area contributed by atoms with E-state index in [0.29, 0.717) is 13.1 Å². The summed E-state index contributed by atoms with van der Waals surface area (Å²) >= 11 is 6.50. The zero-order chi connectivity index (χ0) is 30.2. The number of nitrogens with zero attached hydrogens (tertiary/aromatic N) is 2. The van der Waals surface area contributed by atoms with Crippen LogP contribution in [0.1, 0.15) is 11.1 Å². The fourth-order valence-corrected chi connectivity index (χ4v) is 6.71. The first-order chi connectivity index (χ1) is 21.4. The number of hydrogen-bond acceptors (Lipinski definition) is 2. The fourth-order valence-electron chi connectivity index (χ4n) is 4.14. The molecule has 0 saturated heterocycles. The Hall–Kier alpha value is -3.65. The molecule has 43 heavy (non-hydrogen) atoms. The van der Waals surface area contributed by atoms with Gasteiger partial charge in [0.05, 0.1) is 21.0 Å². The van der Waals surface area contributed by atoms with Crippen LogP contribution in [0.5, 0.6) is 0 Å². The van der Waals surface area contributed by atoms with Crippen LogP contribution in [0.15, 0.2) is 174 Å². The molecule has 0 bridgehead atoms. The van der Waals surface area contributed by atoms with Gasteiger partial charge in [0, 0.05) is 12.4 Å². The van der Waals surface area contributed by atoms with Gasteiger partial charge in [0.15, 0.2) is 0 Å². The van der Waals surface area contributed by atoms with Gasteiger partial charge < -0.3 is 0 Å². The van der Waals surface area contributed by atoms with Crippen molar-refractivity contribution in [3.05, 3.63) is 175 Å². The van der Waals surface area contributed by atoms with Gasteiger partial charge in [0.25, 0.3) is 0 Å². The Bertz CT molecular complexity index is 1360. The van der Waals surface area contributed by atoms with Crippen LogP contribution in [0.25, 0.3) is 12.2 Å². The maximum Gasteiger partial charge on any atom is 0.102 e. The Morgan fingerprint density at radius 1 is 0.442 bits per heavy atom. The molecule has 0 saturated carbocycles. The van der Waals surface area contributed by atoms with Gasteiger partial charge in [-0.2, -0.15) is 0 Å². The van der Waals surface area contributed by atoms with Gasteiger partial charge in [-0.3, -0.25) is 9.98 Å². The molecule has 0 fully saturated rings. The van der Waals surface area contributed by atoms with Crippen molar-refractivity contribution >= 4 is 62.5 Å². The van der Waals surface area contributed by atoms with Gasteiger partial charge in [0.1, 0.15) is 15.9 Å². The van der Waals surface area contributed by atoms with Crippen molar-refractivity contribution < 1.29 is 14.2 Å². The molecule has 5 aromatic rings. The molecule has 0 heterocycles. The maximum absolute atomic E-state index is 4.29. The van der Waals surface area contributed by atoms with E-state index in [-0.39, 0.29) is 0 Å². The molecule has 0 aliphatic heterocycles. The SMILES string of the molecule is C(=Cc1ccccc1)C=NCCN=CC=Cc1ccccc1.[Cu][Br].c1ccc([PH+](c2ccccc2)c2ccccc2)cc1. The number of hydrogen-bond donors (Lipinski definition) is 0. The van der Waals surface area contributed by atoms with Gasteiger partial charge in [0.2, 0.25) is 0 Å². The predicted molar refractivity (Wildman–Crippen MR) is 193 cm³/mol. The monoisotopic (exact) mass is 693 g/mol. The average molecular weight is 695 g/mol. The zero-order valence-electron chi connectivity index (χ0n) is 23.9. The summed E-state index contributed by atoms with van der Waals surface area (Å²) in [7, 11) is -0.877. The van der Waals surface area contributed by atoms with Crippen molar-refractivity contribution in [1.29, 1.82) is 0 Å². The molecule has 2 nitrogen and oxygen atoms in total. The third-order valence-electron chi connectivity index (χ3n) is 6.11. The Labute approximate surface area is 273 Å². The third kappa shape index (κ3) is 13.5. The number of rotatable bonds is 10. The second kappa shape index (κ2) is 22.0. The first-order valence-corrected chi connectivity index (χ1v) is 17.8. The average Bonchev–Trinajstić information content (AvgIpc) is 3.09. The Morgan fingerprint density at radius 3 is 1.02 bits per heavy atom. The molecule has 0 aliphatic carbocycles. The first kappa shape index (κ1) is 33.8. The Kier molecular flexibility index (Phi) is 17.3. The summed E-state index contributed by atoms with van der Waals surface area (Å²) in [5, 5.41) is 4.31. The first-order valence-electron chi connectivity index (χ1n) is 14.0. The van der Waals surface area contributed by atoms with Crippen LogP contribution in [-0.4, -0.2) is 25.5 Å². The van der Waals surface area contributed by atoms with Gasteiger partial charge in [-0.25, -0.2) is 0 Å². The van der Waals surface area contributed by atoms with Crippen LogP contribution in [0.4, 0.5) is 0 Å². The van der Waals surface area contributed by atoms with E-state index < -0.39 is 7.92 Å². The van der Waals surface area contributed by atoms with Crippen LogP contribution in [-0.2, 0) is 14.2 Å². The number of benzene rings is 5. The van der Waals surface area contributed by atoms with Crippen LogP contribution in [0.3, 0.4) is 0 Å². The molecule has 5 aromatic carbocycles. The van der Waals surface area contributed by atoms with E-state index in [2.05, 4.69) is 154 Å². The molecular formula is C38H36BrCuN2P+. The molecule has 220 valence electrons. The minimum absolute atomic E-state index is 0.703. The van der Waals surface area contributed by atoms with E-state index in [4.69, 9.17) is 0 Å². The molecule has 0 amide bonds. The quantitative estimate of drug-likeness (QED) is 0.0606. The molecule has 5 heteroatoms. The van der Waals surface area contributed by atoms with Crippen LogP contribution in [0.2, 0.25) is 0 Å². The summed E-state index contributed by atoms with van der Waals surface area (Å²) in [6, 6.07) is 52.9. The zero-order valence-corrected chi connectivity index (χ0v) is 27.4. The van der Waals surface area contributed by atoms with Crippen LogP contribution in [0, 0.1) is 0 Å². The van der Waals surface area contributed by atoms with Gasteiger partial charge in [-0.1, -0.05) is 127 Å². The predicted octanol–water partition coefficient (Wildman–Crippen LogP) is 8.58.